The van der Waals surface area contributed by atoms with Crippen LogP contribution in [0, 0.1) is 11.8 Å². The van der Waals surface area contributed by atoms with Crippen LogP contribution in [0.25, 0.3) is 0 Å². The summed E-state index contributed by atoms with van der Waals surface area (Å²) in [6.07, 6.45) is -6.23. The van der Waals surface area contributed by atoms with Gasteiger partial charge in [0.2, 0.25) is 0 Å². The van der Waals surface area contributed by atoms with Crippen LogP contribution in [0.15, 0.2) is 48.5 Å². The third kappa shape index (κ3) is 3.71. The zero-order valence-corrected chi connectivity index (χ0v) is 17.3. The lowest BCUT2D eigenvalue weighted by Gasteiger charge is -2.13. The summed E-state index contributed by atoms with van der Waals surface area (Å²) in [6.45, 7) is 3.81. The second-order valence-electron chi connectivity index (χ2n) is 9.53. The fourth-order valence-electron chi connectivity index (χ4n) is 5.56. The van der Waals surface area contributed by atoms with Crippen molar-refractivity contribution in [1.82, 2.24) is 10.6 Å². The minimum absolute atomic E-state index is 0.143. The van der Waals surface area contributed by atoms with Crippen LogP contribution < -0.4 is 10.6 Å². The SMILES string of the molecule is FC(F)(F)c1ccc([C@@]23CNC[C@@H]2C3)cc1.FC(F)(F)c1ccc([C@]23CNC[C@H]2C3)cc1. The van der Waals surface area contributed by atoms with Gasteiger partial charge in [0.25, 0.3) is 0 Å². The maximum atomic E-state index is 12.4. The predicted molar refractivity (Wildman–Crippen MR) is 108 cm³/mol. The summed E-state index contributed by atoms with van der Waals surface area (Å²) in [4.78, 5) is 0. The van der Waals surface area contributed by atoms with E-state index in [2.05, 4.69) is 10.6 Å². The number of halogens is 6. The molecule has 172 valence electrons. The first-order chi connectivity index (χ1) is 15.0. The van der Waals surface area contributed by atoms with Crippen molar-refractivity contribution in [2.45, 2.75) is 36.0 Å². The molecule has 6 rings (SSSR count). The molecule has 2 aromatic carbocycles. The van der Waals surface area contributed by atoms with E-state index in [4.69, 9.17) is 0 Å². The topological polar surface area (TPSA) is 24.1 Å². The fraction of sp³-hybridized carbons (Fsp3) is 0.500. The van der Waals surface area contributed by atoms with Gasteiger partial charge in [0.05, 0.1) is 11.1 Å². The molecule has 0 radical (unpaired) electrons. The van der Waals surface area contributed by atoms with E-state index in [1.807, 2.05) is 0 Å². The maximum Gasteiger partial charge on any atom is 0.416 e. The van der Waals surface area contributed by atoms with Gasteiger partial charge in [0, 0.05) is 23.9 Å². The van der Waals surface area contributed by atoms with Gasteiger partial charge >= 0.3 is 12.4 Å². The molecule has 2 saturated heterocycles. The second-order valence-corrected chi connectivity index (χ2v) is 9.53. The molecule has 8 heteroatoms. The third-order valence-electron chi connectivity index (χ3n) is 7.70. The van der Waals surface area contributed by atoms with Gasteiger partial charge in [0.15, 0.2) is 0 Å². The van der Waals surface area contributed by atoms with E-state index in [1.54, 1.807) is 24.3 Å². The molecule has 2 N–H and O–H groups in total. The van der Waals surface area contributed by atoms with Crippen molar-refractivity contribution in [2.24, 2.45) is 11.8 Å². The van der Waals surface area contributed by atoms with Gasteiger partial charge in [-0.2, -0.15) is 26.3 Å². The predicted octanol–water partition coefficient (Wildman–Crippen LogP) is 5.13. The molecule has 2 aromatic rings. The monoisotopic (exact) mass is 454 g/mol. The Labute approximate surface area is 182 Å². The van der Waals surface area contributed by atoms with E-state index in [-0.39, 0.29) is 10.8 Å². The number of piperidine rings is 2. The molecule has 4 aliphatic rings. The Balaban J connectivity index is 0.000000135. The summed E-state index contributed by atoms with van der Waals surface area (Å²) in [5.41, 5.74) is 1.27. The molecule has 0 unspecified atom stereocenters. The normalized spacial score (nSPS) is 32.6. The second kappa shape index (κ2) is 7.22. The van der Waals surface area contributed by atoms with E-state index < -0.39 is 23.5 Å². The summed E-state index contributed by atoms with van der Waals surface area (Å²) < 4.78 is 74.3. The van der Waals surface area contributed by atoms with Crippen molar-refractivity contribution in [3.05, 3.63) is 70.8 Å². The summed E-state index contributed by atoms with van der Waals surface area (Å²) in [5, 5.41) is 6.57. The Morgan fingerprint density at radius 2 is 0.938 bits per heavy atom. The minimum Gasteiger partial charge on any atom is -0.316 e. The van der Waals surface area contributed by atoms with Gasteiger partial charge < -0.3 is 10.6 Å². The number of hydrogen-bond acceptors (Lipinski definition) is 2. The van der Waals surface area contributed by atoms with Crippen molar-refractivity contribution in [2.75, 3.05) is 26.2 Å². The smallest absolute Gasteiger partial charge is 0.316 e. The Bertz CT molecular complexity index is 900. The number of hydrogen-bond donors (Lipinski definition) is 2. The fourth-order valence-corrected chi connectivity index (χ4v) is 5.56. The average molecular weight is 454 g/mol. The van der Waals surface area contributed by atoms with Crippen LogP contribution in [-0.4, -0.2) is 26.2 Å². The van der Waals surface area contributed by atoms with Crippen LogP contribution >= 0.6 is 0 Å². The summed E-state index contributed by atoms with van der Waals surface area (Å²) in [6, 6.07) is 11.3. The van der Waals surface area contributed by atoms with Crippen molar-refractivity contribution < 1.29 is 26.3 Å². The molecule has 0 bridgehead atoms. The van der Waals surface area contributed by atoms with E-state index >= 15 is 0 Å². The first-order valence-corrected chi connectivity index (χ1v) is 10.8. The molecule has 2 nitrogen and oxygen atoms in total. The molecular formula is C24H24F6N2. The molecule has 2 aliphatic heterocycles. The molecule has 0 amide bonds. The van der Waals surface area contributed by atoms with Crippen molar-refractivity contribution in [3.8, 4) is 0 Å². The van der Waals surface area contributed by atoms with E-state index in [9.17, 15) is 26.3 Å². The molecule has 0 spiro atoms. The largest absolute Gasteiger partial charge is 0.416 e. The highest BCUT2D eigenvalue weighted by Crippen LogP contribution is 2.57. The van der Waals surface area contributed by atoms with Gasteiger partial charge in [-0.05, 0) is 73.2 Å². The Morgan fingerprint density at radius 3 is 1.16 bits per heavy atom. The molecule has 4 fully saturated rings. The number of fused-ring (bicyclic) bond motifs is 2. The first kappa shape index (κ1) is 21.8. The number of benzene rings is 2. The minimum atomic E-state index is -4.23. The van der Waals surface area contributed by atoms with Crippen LogP contribution in [0.1, 0.15) is 35.1 Å². The Hall–Kier alpha value is -2.06. The summed E-state index contributed by atoms with van der Waals surface area (Å²) >= 11 is 0. The molecule has 2 aliphatic carbocycles. The van der Waals surface area contributed by atoms with Gasteiger partial charge in [-0.1, -0.05) is 24.3 Å². The average Bonchev–Trinajstić information content (AvgIpc) is 3.55. The standard InChI is InChI=1S/2C12H12F3N/c2*13-12(14,15)9-3-1-8(2-4-9)11-5-10(11)6-16-7-11/h2*1-4,10,16H,5-7H2/t2*10-,11+/m10/s1. The quantitative estimate of drug-likeness (QED) is 0.615. The van der Waals surface area contributed by atoms with Crippen LogP contribution in [-0.2, 0) is 23.2 Å². The van der Waals surface area contributed by atoms with Gasteiger partial charge in [-0.3, -0.25) is 0 Å². The van der Waals surface area contributed by atoms with Crippen molar-refractivity contribution in [1.29, 1.82) is 0 Å². The zero-order valence-electron chi connectivity index (χ0n) is 17.3. The Morgan fingerprint density at radius 1 is 0.594 bits per heavy atom. The van der Waals surface area contributed by atoms with Gasteiger partial charge in [-0.15, -0.1) is 0 Å². The van der Waals surface area contributed by atoms with E-state index in [0.717, 1.165) is 50.1 Å². The van der Waals surface area contributed by atoms with Crippen LogP contribution in [0.3, 0.4) is 0 Å². The summed E-state index contributed by atoms with van der Waals surface area (Å²) in [7, 11) is 0. The summed E-state index contributed by atoms with van der Waals surface area (Å²) in [5.74, 6) is 1.26. The van der Waals surface area contributed by atoms with Crippen molar-refractivity contribution >= 4 is 0 Å². The first-order valence-electron chi connectivity index (χ1n) is 10.8. The van der Waals surface area contributed by atoms with E-state index in [1.165, 1.54) is 24.3 Å². The molecule has 4 atom stereocenters. The van der Waals surface area contributed by atoms with E-state index in [0.29, 0.717) is 11.8 Å². The number of nitrogens with one attached hydrogen (secondary N) is 2. The van der Waals surface area contributed by atoms with Gasteiger partial charge in [0.1, 0.15) is 0 Å². The Kier molecular flexibility index (Phi) is 4.91. The highest BCUT2D eigenvalue weighted by molar-refractivity contribution is 5.40. The van der Waals surface area contributed by atoms with Crippen LogP contribution in [0.2, 0.25) is 0 Å². The maximum absolute atomic E-state index is 12.4. The van der Waals surface area contributed by atoms with Crippen LogP contribution in [0.5, 0.6) is 0 Å². The molecule has 32 heavy (non-hydrogen) atoms. The lowest BCUT2D eigenvalue weighted by atomic mass is 9.94. The number of alkyl halides is 6. The molecule has 2 heterocycles. The zero-order chi connectivity index (χ0) is 22.8. The van der Waals surface area contributed by atoms with Gasteiger partial charge in [-0.25, -0.2) is 0 Å². The van der Waals surface area contributed by atoms with Crippen molar-refractivity contribution in [3.63, 3.8) is 0 Å². The third-order valence-corrected chi connectivity index (χ3v) is 7.70. The lowest BCUT2D eigenvalue weighted by molar-refractivity contribution is -0.138. The number of rotatable bonds is 2. The lowest BCUT2D eigenvalue weighted by Crippen LogP contribution is -2.19. The molecular weight excluding hydrogens is 430 g/mol. The molecule has 2 saturated carbocycles. The highest BCUT2D eigenvalue weighted by atomic mass is 19.4. The highest BCUT2D eigenvalue weighted by Gasteiger charge is 2.58. The van der Waals surface area contributed by atoms with Crippen LogP contribution in [0.4, 0.5) is 26.3 Å². The molecule has 0 aromatic heterocycles.